The van der Waals surface area contributed by atoms with Crippen molar-refractivity contribution in [3.63, 3.8) is 0 Å². The molecule has 1 fully saturated rings. The van der Waals surface area contributed by atoms with Gasteiger partial charge in [-0.25, -0.2) is 0 Å². The molecule has 5 atom stereocenters. The van der Waals surface area contributed by atoms with Crippen LogP contribution in [-0.4, -0.2) is 29.1 Å². The number of amides is 1. The maximum Gasteiger partial charge on any atom is 0.251 e. The van der Waals surface area contributed by atoms with Crippen molar-refractivity contribution in [1.29, 1.82) is 0 Å². The highest BCUT2D eigenvalue weighted by molar-refractivity contribution is 5.97. The fourth-order valence-electron chi connectivity index (χ4n) is 4.73. The number of hydrogen-bond acceptors (Lipinski definition) is 2. The average molecular weight is 369 g/mol. The van der Waals surface area contributed by atoms with Gasteiger partial charge in [-0.2, -0.15) is 0 Å². The van der Waals surface area contributed by atoms with E-state index in [9.17, 15) is 4.79 Å². The number of nitrogens with zero attached hydrogens (tertiary/aromatic N) is 1. The molecule has 27 heavy (non-hydrogen) atoms. The van der Waals surface area contributed by atoms with Crippen LogP contribution < -0.4 is 5.32 Å². The van der Waals surface area contributed by atoms with Gasteiger partial charge in [0.1, 0.15) is 6.17 Å². The van der Waals surface area contributed by atoms with Crippen LogP contribution in [0, 0.1) is 11.8 Å². The summed E-state index contributed by atoms with van der Waals surface area (Å²) in [5, 5.41) is 3.88. The molecule has 0 saturated heterocycles. The molecule has 3 nitrogen and oxygen atoms in total. The molecule has 1 amide bonds. The lowest BCUT2D eigenvalue weighted by atomic mass is 9.78. The van der Waals surface area contributed by atoms with E-state index in [1.807, 2.05) is 6.92 Å². The van der Waals surface area contributed by atoms with Gasteiger partial charge in [-0.05, 0) is 63.0 Å². The van der Waals surface area contributed by atoms with Crippen LogP contribution in [0.2, 0.25) is 0 Å². The molecular weight excluding hydrogens is 332 g/mol. The summed E-state index contributed by atoms with van der Waals surface area (Å²) in [7, 11) is 0. The zero-order valence-electron chi connectivity index (χ0n) is 17.7. The van der Waals surface area contributed by atoms with E-state index in [-0.39, 0.29) is 18.1 Å². The Bertz CT molecular complexity index is 681. The van der Waals surface area contributed by atoms with Crippen LogP contribution in [0.1, 0.15) is 65.9 Å². The standard InChI is InChI=1S/C24H36N2O/c1-16-10-9-13-22(18(16)3)25-23-19(4)20(5)24(27)26(23)17(2)14-15-21-11-7-6-8-12-21/h6-8,11-12,16-18,22-23,25H,9-10,13-15H2,1-5H3. The molecule has 2 aliphatic rings. The predicted octanol–water partition coefficient (Wildman–Crippen LogP) is 4.93. The topological polar surface area (TPSA) is 32.3 Å². The van der Waals surface area contributed by atoms with Crippen molar-refractivity contribution in [2.75, 3.05) is 0 Å². The fourth-order valence-corrected chi connectivity index (χ4v) is 4.73. The summed E-state index contributed by atoms with van der Waals surface area (Å²) in [5.41, 5.74) is 3.48. The summed E-state index contributed by atoms with van der Waals surface area (Å²) in [5.74, 6) is 1.62. The quantitative estimate of drug-likeness (QED) is 0.772. The molecule has 1 N–H and O–H groups in total. The molecule has 3 heteroatoms. The monoisotopic (exact) mass is 368 g/mol. The molecule has 1 aliphatic heterocycles. The minimum atomic E-state index is 0.0565. The Hall–Kier alpha value is -1.61. The average Bonchev–Trinajstić information content (AvgIpc) is 2.88. The highest BCUT2D eigenvalue weighted by Crippen LogP contribution is 2.33. The Morgan fingerprint density at radius 2 is 1.85 bits per heavy atom. The van der Waals surface area contributed by atoms with Crippen LogP contribution in [0.3, 0.4) is 0 Å². The van der Waals surface area contributed by atoms with E-state index in [4.69, 9.17) is 0 Å². The second-order valence-corrected chi connectivity index (χ2v) is 8.84. The summed E-state index contributed by atoms with van der Waals surface area (Å²) >= 11 is 0. The molecule has 1 aromatic carbocycles. The maximum absolute atomic E-state index is 13.0. The third-order valence-corrected chi connectivity index (χ3v) is 7.08. The van der Waals surface area contributed by atoms with Crippen LogP contribution in [-0.2, 0) is 11.2 Å². The van der Waals surface area contributed by atoms with Crippen molar-refractivity contribution < 1.29 is 4.79 Å². The maximum atomic E-state index is 13.0. The van der Waals surface area contributed by atoms with E-state index in [1.165, 1.54) is 30.4 Å². The zero-order chi connectivity index (χ0) is 19.6. The Morgan fingerprint density at radius 3 is 2.56 bits per heavy atom. The molecule has 1 heterocycles. The van der Waals surface area contributed by atoms with Gasteiger partial charge >= 0.3 is 0 Å². The van der Waals surface area contributed by atoms with Crippen molar-refractivity contribution in [2.24, 2.45) is 11.8 Å². The van der Waals surface area contributed by atoms with Crippen LogP contribution in [0.4, 0.5) is 0 Å². The third-order valence-electron chi connectivity index (χ3n) is 7.08. The van der Waals surface area contributed by atoms with Crippen molar-refractivity contribution in [3.05, 3.63) is 47.0 Å². The van der Waals surface area contributed by atoms with Crippen LogP contribution >= 0.6 is 0 Å². The fraction of sp³-hybridized carbons (Fsp3) is 0.625. The largest absolute Gasteiger partial charge is 0.317 e. The first-order valence-electron chi connectivity index (χ1n) is 10.7. The number of hydrogen-bond donors (Lipinski definition) is 1. The van der Waals surface area contributed by atoms with E-state index < -0.39 is 0 Å². The number of benzene rings is 1. The Labute approximate surface area is 165 Å². The Kier molecular flexibility index (Phi) is 6.41. The SMILES string of the molecule is CC1=C(C)C(NC2CCCC(C)C2C)N(C(C)CCc2ccccc2)C1=O. The molecule has 0 radical (unpaired) electrons. The van der Waals surface area contributed by atoms with Crippen molar-refractivity contribution in [2.45, 2.75) is 85.0 Å². The van der Waals surface area contributed by atoms with E-state index in [1.54, 1.807) is 0 Å². The van der Waals surface area contributed by atoms with E-state index >= 15 is 0 Å². The first-order chi connectivity index (χ1) is 12.9. The second-order valence-electron chi connectivity index (χ2n) is 8.84. The minimum Gasteiger partial charge on any atom is -0.317 e. The molecule has 1 aliphatic carbocycles. The Balaban J connectivity index is 1.70. The first-order valence-corrected chi connectivity index (χ1v) is 10.7. The Morgan fingerprint density at radius 1 is 1.15 bits per heavy atom. The predicted molar refractivity (Wildman–Crippen MR) is 112 cm³/mol. The van der Waals surface area contributed by atoms with Gasteiger partial charge in [0.2, 0.25) is 0 Å². The molecule has 1 saturated carbocycles. The zero-order valence-corrected chi connectivity index (χ0v) is 17.7. The van der Waals surface area contributed by atoms with Crippen LogP contribution in [0.15, 0.2) is 41.5 Å². The van der Waals surface area contributed by atoms with Gasteiger partial charge in [-0.15, -0.1) is 0 Å². The second kappa shape index (κ2) is 8.60. The van der Waals surface area contributed by atoms with Crippen molar-refractivity contribution >= 4 is 5.91 Å². The summed E-state index contributed by atoms with van der Waals surface area (Å²) in [6.45, 7) is 11.1. The van der Waals surface area contributed by atoms with Gasteiger partial charge in [-0.1, -0.05) is 57.0 Å². The summed E-state index contributed by atoms with van der Waals surface area (Å²) in [6, 6.07) is 11.3. The third kappa shape index (κ3) is 4.29. The number of aryl methyl sites for hydroxylation is 1. The van der Waals surface area contributed by atoms with Gasteiger partial charge < -0.3 is 4.90 Å². The lowest BCUT2D eigenvalue weighted by Gasteiger charge is -2.40. The molecule has 148 valence electrons. The van der Waals surface area contributed by atoms with Crippen LogP contribution in [0.5, 0.6) is 0 Å². The molecule has 3 rings (SSSR count). The van der Waals surface area contributed by atoms with Gasteiger partial charge in [-0.3, -0.25) is 10.1 Å². The smallest absolute Gasteiger partial charge is 0.251 e. The van der Waals surface area contributed by atoms with Crippen LogP contribution in [0.25, 0.3) is 0 Å². The van der Waals surface area contributed by atoms with Gasteiger partial charge in [0.15, 0.2) is 0 Å². The van der Waals surface area contributed by atoms with Gasteiger partial charge in [0.25, 0.3) is 5.91 Å². The summed E-state index contributed by atoms with van der Waals surface area (Å²) < 4.78 is 0. The molecule has 5 unspecified atom stereocenters. The van der Waals surface area contributed by atoms with Crippen molar-refractivity contribution in [3.8, 4) is 0 Å². The summed E-state index contributed by atoms with van der Waals surface area (Å²) in [4.78, 5) is 15.1. The van der Waals surface area contributed by atoms with E-state index in [0.717, 1.165) is 24.3 Å². The number of carbonyl (C=O) groups excluding carboxylic acids is 1. The molecule has 0 aromatic heterocycles. The van der Waals surface area contributed by atoms with E-state index in [2.05, 4.69) is 68.2 Å². The first kappa shape index (κ1) is 20.1. The lowest BCUT2D eigenvalue weighted by molar-refractivity contribution is -0.130. The van der Waals surface area contributed by atoms with E-state index in [0.29, 0.717) is 12.0 Å². The number of nitrogens with one attached hydrogen (secondary N) is 1. The highest BCUT2D eigenvalue weighted by Gasteiger charge is 2.40. The molecule has 0 bridgehead atoms. The molecule has 1 aromatic rings. The molecular formula is C24H36N2O. The summed E-state index contributed by atoms with van der Waals surface area (Å²) in [6.07, 6.45) is 5.89. The number of carbonyl (C=O) groups is 1. The highest BCUT2D eigenvalue weighted by atomic mass is 16.2. The van der Waals surface area contributed by atoms with Gasteiger partial charge in [0.05, 0.1) is 0 Å². The van der Waals surface area contributed by atoms with Crippen molar-refractivity contribution in [1.82, 2.24) is 10.2 Å². The number of rotatable bonds is 6. The van der Waals surface area contributed by atoms with Gasteiger partial charge in [0, 0.05) is 17.7 Å². The lowest BCUT2D eigenvalue weighted by Crippen LogP contribution is -2.55. The molecule has 0 spiro atoms. The normalized spacial score (nSPS) is 30.1. The minimum absolute atomic E-state index is 0.0565.